The predicted molar refractivity (Wildman–Crippen MR) is 46.2 cm³/mol. The predicted octanol–water partition coefficient (Wildman–Crippen LogP) is 3.55. The fraction of sp³-hybridized carbons (Fsp3) is 0.600. The largest absolute Gasteiger partial charge is 0.259 e. The Balaban J connectivity index is 2.53. The van der Waals surface area contributed by atoms with Gasteiger partial charge >= 0.3 is 0 Å². The van der Waals surface area contributed by atoms with Gasteiger partial charge in [-0.05, 0) is 37.7 Å². The van der Waals surface area contributed by atoms with Gasteiger partial charge in [0.05, 0.1) is 0 Å². The Labute approximate surface area is 72.0 Å². The molecule has 0 aromatic heterocycles. The topological polar surface area (TPSA) is 0 Å². The molecule has 0 fully saturated rings. The lowest BCUT2D eigenvalue weighted by atomic mass is 9.86. The molecule has 0 spiro atoms. The molecule has 0 radical (unpaired) electrons. The van der Waals surface area contributed by atoms with Crippen LogP contribution >= 0.6 is 0 Å². The molecular weight excluding hydrogens is 158 g/mol. The number of rotatable bonds is 2. The van der Waals surface area contributed by atoms with Crippen LogP contribution in [-0.4, -0.2) is 6.43 Å². The van der Waals surface area contributed by atoms with E-state index in [0.717, 1.165) is 18.4 Å². The van der Waals surface area contributed by atoms with Crippen molar-refractivity contribution in [3.63, 3.8) is 0 Å². The molecule has 1 aliphatic rings. The van der Waals surface area contributed by atoms with Crippen LogP contribution in [0.15, 0.2) is 23.8 Å². The second-order valence-electron chi connectivity index (χ2n) is 3.40. The minimum atomic E-state index is -2.25. The molecule has 0 aromatic carbocycles. The van der Waals surface area contributed by atoms with Crippen molar-refractivity contribution in [3.05, 3.63) is 23.8 Å². The van der Waals surface area contributed by atoms with E-state index in [2.05, 4.69) is 6.58 Å². The van der Waals surface area contributed by atoms with Gasteiger partial charge in [-0.25, -0.2) is 8.78 Å². The first-order chi connectivity index (χ1) is 5.61. The van der Waals surface area contributed by atoms with E-state index in [1.165, 1.54) is 0 Å². The number of hydrogen-bond donors (Lipinski definition) is 0. The maximum absolute atomic E-state index is 12.2. The number of hydrogen-bond acceptors (Lipinski definition) is 0. The summed E-state index contributed by atoms with van der Waals surface area (Å²) in [5, 5.41) is 0. The van der Waals surface area contributed by atoms with E-state index in [4.69, 9.17) is 0 Å². The van der Waals surface area contributed by atoms with Crippen molar-refractivity contribution in [1.29, 1.82) is 0 Å². The van der Waals surface area contributed by atoms with Crippen LogP contribution in [0, 0.1) is 5.92 Å². The van der Waals surface area contributed by atoms with Gasteiger partial charge in [0, 0.05) is 0 Å². The van der Waals surface area contributed by atoms with E-state index in [9.17, 15) is 8.78 Å². The molecule has 0 unspecified atom stereocenters. The number of halogens is 2. The minimum Gasteiger partial charge on any atom is -0.205 e. The zero-order chi connectivity index (χ0) is 9.14. The average molecular weight is 172 g/mol. The molecule has 1 aliphatic carbocycles. The molecule has 0 heterocycles. The van der Waals surface area contributed by atoms with Crippen LogP contribution in [0.4, 0.5) is 8.78 Å². The van der Waals surface area contributed by atoms with Crippen molar-refractivity contribution in [2.75, 3.05) is 0 Å². The van der Waals surface area contributed by atoms with Crippen LogP contribution in [0.5, 0.6) is 0 Å². The molecule has 0 nitrogen and oxygen atoms in total. The monoisotopic (exact) mass is 172 g/mol. The van der Waals surface area contributed by atoms with Gasteiger partial charge in [-0.3, -0.25) is 0 Å². The lowest BCUT2D eigenvalue weighted by Crippen LogP contribution is -2.10. The fourth-order valence-electron chi connectivity index (χ4n) is 1.50. The van der Waals surface area contributed by atoms with Crippen molar-refractivity contribution < 1.29 is 8.78 Å². The van der Waals surface area contributed by atoms with E-state index in [-0.39, 0.29) is 0 Å². The molecule has 2 heteroatoms. The molecule has 0 N–H and O–H groups in total. The second-order valence-corrected chi connectivity index (χ2v) is 3.40. The summed E-state index contributed by atoms with van der Waals surface area (Å²) in [5.41, 5.74) is 1.42. The van der Waals surface area contributed by atoms with Gasteiger partial charge in [0.2, 0.25) is 0 Å². The highest BCUT2D eigenvalue weighted by Crippen LogP contribution is 2.30. The summed E-state index contributed by atoms with van der Waals surface area (Å²) in [7, 11) is 0. The molecule has 0 saturated carbocycles. The van der Waals surface area contributed by atoms with E-state index in [1.807, 2.05) is 6.92 Å². The van der Waals surface area contributed by atoms with Crippen molar-refractivity contribution in [2.24, 2.45) is 5.92 Å². The number of allylic oxidation sites excluding steroid dienone is 3. The normalized spacial score (nSPS) is 24.0. The Morgan fingerprint density at radius 2 is 2.33 bits per heavy atom. The molecule has 0 amide bonds. The molecule has 0 aliphatic heterocycles. The summed E-state index contributed by atoms with van der Waals surface area (Å²) in [5.74, 6) is 0.424. The first kappa shape index (κ1) is 9.43. The Hall–Kier alpha value is -0.660. The van der Waals surface area contributed by atoms with Gasteiger partial charge in [-0.2, -0.15) is 0 Å². The van der Waals surface area contributed by atoms with E-state index in [0.29, 0.717) is 17.9 Å². The Morgan fingerprint density at radius 3 is 2.67 bits per heavy atom. The average Bonchev–Trinajstić information content (AvgIpc) is 2.04. The molecule has 12 heavy (non-hydrogen) atoms. The summed E-state index contributed by atoms with van der Waals surface area (Å²) < 4.78 is 24.3. The third kappa shape index (κ3) is 2.16. The van der Waals surface area contributed by atoms with Crippen LogP contribution in [0.25, 0.3) is 0 Å². The smallest absolute Gasteiger partial charge is 0.205 e. The summed E-state index contributed by atoms with van der Waals surface area (Å²) in [6, 6.07) is 0. The van der Waals surface area contributed by atoms with Gasteiger partial charge in [0.1, 0.15) is 0 Å². The van der Waals surface area contributed by atoms with Crippen LogP contribution in [0.3, 0.4) is 0 Å². The van der Waals surface area contributed by atoms with Crippen molar-refractivity contribution in [3.8, 4) is 0 Å². The zero-order valence-corrected chi connectivity index (χ0v) is 7.32. The molecular formula is C10H14F2. The molecule has 0 aromatic rings. The Kier molecular flexibility index (Phi) is 3.01. The van der Waals surface area contributed by atoms with Crippen LogP contribution < -0.4 is 0 Å². The maximum Gasteiger partial charge on any atom is 0.259 e. The molecule has 0 saturated heterocycles. The molecule has 1 rings (SSSR count). The third-order valence-corrected chi connectivity index (χ3v) is 2.42. The third-order valence-electron chi connectivity index (χ3n) is 2.42. The highest BCUT2D eigenvalue weighted by atomic mass is 19.3. The first-order valence-electron chi connectivity index (χ1n) is 4.23. The lowest BCUT2D eigenvalue weighted by Gasteiger charge is -2.21. The van der Waals surface area contributed by atoms with Gasteiger partial charge in [0.15, 0.2) is 0 Å². The number of alkyl halides is 2. The van der Waals surface area contributed by atoms with Crippen molar-refractivity contribution in [2.45, 2.75) is 32.6 Å². The van der Waals surface area contributed by atoms with E-state index in [1.54, 1.807) is 6.08 Å². The van der Waals surface area contributed by atoms with Gasteiger partial charge in [-0.15, -0.1) is 0 Å². The van der Waals surface area contributed by atoms with E-state index >= 15 is 0 Å². The Bertz CT molecular complexity index is 204. The van der Waals surface area contributed by atoms with Crippen molar-refractivity contribution in [1.82, 2.24) is 0 Å². The van der Waals surface area contributed by atoms with Gasteiger partial charge in [-0.1, -0.05) is 18.2 Å². The van der Waals surface area contributed by atoms with Crippen molar-refractivity contribution >= 4 is 0 Å². The summed E-state index contributed by atoms with van der Waals surface area (Å²) >= 11 is 0. The Morgan fingerprint density at radius 1 is 1.67 bits per heavy atom. The SMILES string of the molecule is C=C(C)[C@@H]1CC=C(C(F)F)CC1. The van der Waals surface area contributed by atoms with Crippen LogP contribution in [-0.2, 0) is 0 Å². The second kappa shape index (κ2) is 3.83. The lowest BCUT2D eigenvalue weighted by molar-refractivity contribution is 0.180. The zero-order valence-electron chi connectivity index (χ0n) is 7.32. The molecule has 0 bridgehead atoms. The first-order valence-corrected chi connectivity index (χ1v) is 4.23. The summed E-state index contributed by atoms with van der Waals surface area (Å²) in [4.78, 5) is 0. The molecule has 1 atom stereocenters. The van der Waals surface area contributed by atoms with Crippen LogP contribution in [0.2, 0.25) is 0 Å². The fourth-order valence-corrected chi connectivity index (χ4v) is 1.50. The van der Waals surface area contributed by atoms with Crippen LogP contribution in [0.1, 0.15) is 26.2 Å². The van der Waals surface area contributed by atoms with Gasteiger partial charge in [0.25, 0.3) is 6.43 Å². The quantitative estimate of drug-likeness (QED) is 0.559. The standard InChI is InChI=1S/C10H14F2/c1-7(2)8-3-5-9(6-4-8)10(11)12/h5,8,10H,1,3-4,6H2,2H3/t8-/m1/s1. The summed E-state index contributed by atoms with van der Waals surface area (Å²) in [6.07, 6.45) is 1.54. The van der Waals surface area contributed by atoms with E-state index < -0.39 is 6.43 Å². The molecule has 68 valence electrons. The minimum absolute atomic E-state index is 0.313. The highest BCUT2D eigenvalue weighted by molar-refractivity contribution is 5.13. The van der Waals surface area contributed by atoms with Gasteiger partial charge < -0.3 is 0 Å². The maximum atomic E-state index is 12.2. The summed E-state index contributed by atoms with van der Waals surface area (Å²) in [6.45, 7) is 5.80. The highest BCUT2D eigenvalue weighted by Gasteiger charge is 2.19.